The summed E-state index contributed by atoms with van der Waals surface area (Å²) in [6, 6.07) is 17.8. The lowest BCUT2D eigenvalue weighted by molar-refractivity contribution is 0.0696. The molecule has 0 saturated heterocycles. The van der Waals surface area contributed by atoms with Crippen LogP contribution in [0.5, 0.6) is 0 Å². The molecule has 1 unspecified atom stereocenters. The van der Waals surface area contributed by atoms with Gasteiger partial charge in [-0.25, -0.2) is 0 Å². The third-order valence-electron chi connectivity index (χ3n) is 4.72. The molecule has 2 aromatic carbocycles. The number of thiophene rings is 1. The summed E-state index contributed by atoms with van der Waals surface area (Å²) in [6.45, 7) is 2.78. The van der Waals surface area contributed by atoms with Crippen LogP contribution < -0.4 is 0 Å². The first-order chi connectivity index (χ1) is 12.1. The molecule has 4 rings (SSSR count). The minimum atomic E-state index is -0.0561. The number of amides is 1. The Balaban J connectivity index is 1.79. The van der Waals surface area contributed by atoms with E-state index in [-0.39, 0.29) is 11.9 Å². The second-order valence-corrected chi connectivity index (χ2v) is 7.75. The average molecular weight is 368 g/mol. The first kappa shape index (κ1) is 16.4. The van der Waals surface area contributed by atoms with Crippen molar-refractivity contribution in [2.75, 3.05) is 6.54 Å². The van der Waals surface area contributed by atoms with E-state index in [1.54, 1.807) is 23.5 Å². The Bertz CT molecular complexity index is 916. The zero-order valence-electron chi connectivity index (χ0n) is 13.9. The maximum atomic E-state index is 13.2. The van der Waals surface area contributed by atoms with Crippen LogP contribution in [0, 0.1) is 6.92 Å². The lowest BCUT2D eigenvalue weighted by Crippen LogP contribution is -2.40. The first-order valence-electron chi connectivity index (χ1n) is 8.33. The molecular formula is C21H18ClNOS. The van der Waals surface area contributed by atoms with Crippen LogP contribution in [0.1, 0.15) is 38.0 Å². The minimum absolute atomic E-state index is 0.00646. The molecule has 2 heterocycles. The Morgan fingerprint density at radius 3 is 2.64 bits per heavy atom. The Morgan fingerprint density at radius 1 is 1.12 bits per heavy atom. The Labute approximate surface area is 156 Å². The molecule has 0 bridgehead atoms. The van der Waals surface area contributed by atoms with Crippen LogP contribution >= 0.6 is 22.9 Å². The van der Waals surface area contributed by atoms with Crippen LogP contribution in [-0.2, 0) is 6.42 Å². The standard InChI is InChI=1S/C21H18ClNOS/c1-14-6-8-15(9-7-14)20-17-11-13-25-19(17)10-12-23(20)21(24)16-4-2-3-5-18(16)22/h2-9,11,13,20H,10,12H2,1H3. The van der Waals surface area contributed by atoms with E-state index in [4.69, 9.17) is 11.6 Å². The van der Waals surface area contributed by atoms with E-state index in [1.807, 2.05) is 17.0 Å². The molecule has 1 atom stereocenters. The molecule has 4 heteroatoms. The second kappa shape index (κ2) is 6.66. The predicted molar refractivity (Wildman–Crippen MR) is 104 cm³/mol. The molecule has 1 aromatic heterocycles. The molecule has 0 radical (unpaired) electrons. The Morgan fingerprint density at radius 2 is 1.88 bits per heavy atom. The fourth-order valence-electron chi connectivity index (χ4n) is 3.43. The van der Waals surface area contributed by atoms with Gasteiger partial charge < -0.3 is 4.90 Å². The summed E-state index contributed by atoms with van der Waals surface area (Å²) in [7, 11) is 0. The largest absolute Gasteiger partial charge is 0.327 e. The van der Waals surface area contributed by atoms with Gasteiger partial charge in [0.05, 0.1) is 16.6 Å². The Hall–Kier alpha value is -2.10. The summed E-state index contributed by atoms with van der Waals surface area (Å²) in [5.41, 5.74) is 4.17. The third kappa shape index (κ3) is 2.99. The molecule has 0 fully saturated rings. The summed E-state index contributed by atoms with van der Waals surface area (Å²) in [5.74, 6) is -0.00646. The minimum Gasteiger partial charge on any atom is -0.327 e. The van der Waals surface area contributed by atoms with Crippen LogP contribution in [0.3, 0.4) is 0 Å². The van der Waals surface area contributed by atoms with Gasteiger partial charge in [-0.15, -0.1) is 11.3 Å². The van der Waals surface area contributed by atoms with Crippen LogP contribution in [0.25, 0.3) is 0 Å². The third-order valence-corrected chi connectivity index (χ3v) is 6.05. The zero-order chi connectivity index (χ0) is 17.4. The lowest BCUT2D eigenvalue weighted by atomic mass is 9.92. The monoisotopic (exact) mass is 367 g/mol. The van der Waals surface area contributed by atoms with Crippen LogP contribution in [0.4, 0.5) is 0 Å². The van der Waals surface area contributed by atoms with Crippen molar-refractivity contribution in [3.63, 3.8) is 0 Å². The van der Waals surface area contributed by atoms with Crippen molar-refractivity contribution in [1.29, 1.82) is 0 Å². The smallest absolute Gasteiger partial charge is 0.256 e. The molecule has 0 aliphatic carbocycles. The summed E-state index contributed by atoms with van der Waals surface area (Å²) in [6.07, 6.45) is 0.894. The van der Waals surface area contributed by atoms with Gasteiger partial charge in [0.15, 0.2) is 0 Å². The van der Waals surface area contributed by atoms with E-state index >= 15 is 0 Å². The molecule has 0 N–H and O–H groups in total. The SMILES string of the molecule is Cc1ccc(C2c3ccsc3CCN2C(=O)c2ccccc2Cl)cc1. The van der Waals surface area contributed by atoms with E-state index in [0.29, 0.717) is 17.1 Å². The predicted octanol–water partition coefficient (Wildman–Crippen LogP) is 5.50. The maximum absolute atomic E-state index is 13.2. The van der Waals surface area contributed by atoms with Gasteiger partial charge >= 0.3 is 0 Å². The number of fused-ring (bicyclic) bond motifs is 1. The summed E-state index contributed by atoms with van der Waals surface area (Å²) < 4.78 is 0. The van der Waals surface area contributed by atoms with Gasteiger partial charge in [0.25, 0.3) is 5.91 Å². The van der Waals surface area contributed by atoms with Crippen LogP contribution in [0.15, 0.2) is 60.0 Å². The van der Waals surface area contributed by atoms with Crippen molar-refractivity contribution in [2.24, 2.45) is 0 Å². The van der Waals surface area contributed by atoms with Gasteiger partial charge in [-0.3, -0.25) is 4.79 Å². The highest BCUT2D eigenvalue weighted by atomic mass is 35.5. The van der Waals surface area contributed by atoms with Crippen molar-refractivity contribution in [3.05, 3.63) is 92.1 Å². The highest BCUT2D eigenvalue weighted by Gasteiger charge is 2.33. The number of rotatable bonds is 2. The number of benzene rings is 2. The maximum Gasteiger partial charge on any atom is 0.256 e. The van der Waals surface area contributed by atoms with Crippen LogP contribution in [0.2, 0.25) is 5.02 Å². The van der Waals surface area contributed by atoms with E-state index in [9.17, 15) is 4.79 Å². The topological polar surface area (TPSA) is 20.3 Å². The van der Waals surface area contributed by atoms with Gasteiger partial charge in [0.2, 0.25) is 0 Å². The molecule has 0 spiro atoms. The number of halogens is 1. The van der Waals surface area contributed by atoms with Gasteiger partial charge in [0, 0.05) is 11.4 Å². The highest BCUT2D eigenvalue weighted by Crippen LogP contribution is 2.39. The van der Waals surface area contributed by atoms with E-state index in [1.165, 1.54) is 16.0 Å². The number of nitrogens with zero attached hydrogens (tertiary/aromatic N) is 1. The Kier molecular flexibility index (Phi) is 4.36. The van der Waals surface area contributed by atoms with Crippen LogP contribution in [-0.4, -0.2) is 17.4 Å². The quantitative estimate of drug-likeness (QED) is 0.585. The number of aryl methyl sites for hydroxylation is 1. The number of carbonyl (C=O) groups excluding carboxylic acids is 1. The highest BCUT2D eigenvalue weighted by molar-refractivity contribution is 7.10. The number of carbonyl (C=O) groups is 1. The first-order valence-corrected chi connectivity index (χ1v) is 9.59. The van der Waals surface area contributed by atoms with Gasteiger partial charge in [-0.2, -0.15) is 0 Å². The lowest BCUT2D eigenvalue weighted by Gasteiger charge is -2.36. The van der Waals surface area contributed by atoms with Gasteiger partial charge in [-0.1, -0.05) is 53.6 Å². The molecule has 25 heavy (non-hydrogen) atoms. The summed E-state index contributed by atoms with van der Waals surface area (Å²) in [4.78, 5) is 16.6. The number of hydrogen-bond donors (Lipinski definition) is 0. The molecule has 0 saturated carbocycles. The molecular weight excluding hydrogens is 350 g/mol. The van der Waals surface area contributed by atoms with Crippen molar-refractivity contribution < 1.29 is 4.79 Å². The fourth-order valence-corrected chi connectivity index (χ4v) is 4.55. The van der Waals surface area contributed by atoms with E-state index in [2.05, 4.69) is 42.6 Å². The van der Waals surface area contributed by atoms with Crippen molar-refractivity contribution in [1.82, 2.24) is 4.90 Å². The van der Waals surface area contributed by atoms with Crippen molar-refractivity contribution >= 4 is 28.8 Å². The molecule has 1 aliphatic heterocycles. The van der Waals surface area contributed by atoms with Gasteiger partial charge in [0.1, 0.15) is 0 Å². The summed E-state index contributed by atoms with van der Waals surface area (Å²) >= 11 is 8.06. The van der Waals surface area contributed by atoms with Gasteiger partial charge in [-0.05, 0) is 48.1 Å². The van der Waals surface area contributed by atoms with E-state index in [0.717, 1.165) is 12.0 Å². The zero-order valence-corrected chi connectivity index (χ0v) is 15.5. The molecule has 2 nitrogen and oxygen atoms in total. The molecule has 126 valence electrons. The average Bonchev–Trinajstić information content (AvgIpc) is 3.10. The normalized spacial score (nSPS) is 16.6. The van der Waals surface area contributed by atoms with E-state index < -0.39 is 0 Å². The van der Waals surface area contributed by atoms with Crippen molar-refractivity contribution in [3.8, 4) is 0 Å². The second-order valence-electron chi connectivity index (χ2n) is 6.34. The fraction of sp³-hybridized carbons (Fsp3) is 0.190. The molecule has 1 amide bonds. The van der Waals surface area contributed by atoms with Crippen molar-refractivity contribution in [2.45, 2.75) is 19.4 Å². The number of hydrogen-bond acceptors (Lipinski definition) is 2. The molecule has 3 aromatic rings. The summed E-state index contributed by atoms with van der Waals surface area (Å²) in [5, 5.41) is 2.63. The molecule has 1 aliphatic rings.